The summed E-state index contributed by atoms with van der Waals surface area (Å²) < 4.78 is 7.13. The average Bonchev–Trinajstić information content (AvgIpc) is 2.76. The van der Waals surface area contributed by atoms with E-state index in [1.165, 1.54) is 5.69 Å². The molecule has 0 saturated carbocycles. The molecule has 1 fully saturated rings. The molecule has 1 unspecified atom stereocenters. The molecule has 18 heavy (non-hydrogen) atoms. The summed E-state index contributed by atoms with van der Waals surface area (Å²) >= 11 is 0. The molecule has 0 aliphatic carbocycles. The number of likely N-dealkylation sites (tertiary alicyclic amines) is 1. The van der Waals surface area contributed by atoms with Crippen molar-refractivity contribution in [3.63, 3.8) is 0 Å². The Hall–Kier alpha value is -1.36. The maximum absolute atomic E-state index is 11.7. The first kappa shape index (κ1) is 13.1. The van der Waals surface area contributed by atoms with E-state index < -0.39 is 0 Å². The Labute approximate surface area is 108 Å². The number of imidazole rings is 1. The van der Waals surface area contributed by atoms with Crippen LogP contribution in [0.4, 0.5) is 0 Å². The molecule has 1 aliphatic rings. The zero-order valence-corrected chi connectivity index (χ0v) is 11.1. The highest BCUT2D eigenvalue weighted by Crippen LogP contribution is 2.19. The highest BCUT2D eigenvalue weighted by Gasteiger charge is 2.26. The van der Waals surface area contributed by atoms with Gasteiger partial charge in [-0.1, -0.05) is 0 Å². The normalized spacial score (nSPS) is 20.9. The van der Waals surface area contributed by atoms with Crippen LogP contribution in [0.15, 0.2) is 12.5 Å². The molecule has 100 valence electrons. The molecule has 0 spiro atoms. The monoisotopic (exact) mass is 251 g/mol. The Kier molecular flexibility index (Phi) is 4.36. The SMILES string of the molecule is CCOC(=O)C1CCCN(Cc2cncn2C)C1. The number of esters is 1. The van der Waals surface area contributed by atoms with Crippen LogP contribution in [0.25, 0.3) is 0 Å². The molecule has 2 heterocycles. The van der Waals surface area contributed by atoms with E-state index in [1.807, 2.05) is 31.1 Å². The second-order valence-electron chi connectivity index (χ2n) is 4.82. The number of carbonyl (C=O) groups excluding carboxylic acids is 1. The van der Waals surface area contributed by atoms with Gasteiger partial charge in [0.2, 0.25) is 0 Å². The molecule has 5 heteroatoms. The van der Waals surface area contributed by atoms with E-state index in [0.29, 0.717) is 6.61 Å². The Bertz CT molecular complexity index is 403. The van der Waals surface area contributed by atoms with Crippen LogP contribution in [0.3, 0.4) is 0 Å². The molecular formula is C13H21N3O2. The number of carbonyl (C=O) groups is 1. The Morgan fingerprint density at radius 2 is 2.44 bits per heavy atom. The average molecular weight is 251 g/mol. The lowest BCUT2D eigenvalue weighted by molar-refractivity contribution is -0.150. The van der Waals surface area contributed by atoms with Crippen molar-refractivity contribution in [1.29, 1.82) is 0 Å². The molecule has 0 bridgehead atoms. The zero-order chi connectivity index (χ0) is 13.0. The number of hydrogen-bond donors (Lipinski definition) is 0. The summed E-state index contributed by atoms with van der Waals surface area (Å²) in [6.45, 7) is 5.02. The lowest BCUT2D eigenvalue weighted by atomic mass is 9.98. The topological polar surface area (TPSA) is 47.4 Å². The molecule has 0 amide bonds. The molecule has 2 rings (SSSR count). The van der Waals surface area contributed by atoms with Crippen LogP contribution >= 0.6 is 0 Å². The summed E-state index contributed by atoms with van der Waals surface area (Å²) in [6.07, 6.45) is 5.69. The van der Waals surface area contributed by atoms with Gasteiger partial charge in [0.25, 0.3) is 0 Å². The minimum Gasteiger partial charge on any atom is -0.466 e. The Balaban J connectivity index is 1.91. The summed E-state index contributed by atoms with van der Waals surface area (Å²) in [5.41, 5.74) is 1.18. The van der Waals surface area contributed by atoms with Crippen LogP contribution < -0.4 is 0 Å². The number of nitrogens with zero attached hydrogens (tertiary/aromatic N) is 3. The van der Waals surface area contributed by atoms with Crippen molar-refractivity contribution in [2.24, 2.45) is 13.0 Å². The largest absolute Gasteiger partial charge is 0.466 e. The van der Waals surface area contributed by atoms with Gasteiger partial charge < -0.3 is 9.30 Å². The van der Waals surface area contributed by atoms with E-state index in [9.17, 15) is 4.79 Å². The van der Waals surface area contributed by atoms with Gasteiger partial charge >= 0.3 is 5.97 Å². The molecule has 0 aromatic carbocycles. The molecule has 0 N–H and O–H groups in total. The quantitative estimate of drug-likeness (QED) is 0.754. The van der Waals surface area contributed by atoms with Gasteiger partial charge in [-0.05, 0) is 26.3 Å². The van der Waals surface area contributed by atoms with E-state index in [1.54, 1.807) is 0 Å². The summed E-state index contributed by atoms with van der Waals surface area (Å²) in [5.74, 6) is -0.0147. The van der Waals surface area contributed by atoms with E-state index in [0.717, 1.165) is 32.5 Å². The van der Waals surface area contributed by atoms with Crippen LogP contribution in [-0.2, 0) is 23.1 Å². The van der Waals surface area contributed by atoms with Crippen molar-refractivity contribution >= 4 is 5.97 Å². The van der Waals surface area contributed by atoms with Crippen LogP contribution in [0.1, 0.15) is 25.5 Å². The molecular weight excluding hydrogens is 230 g/mol. The number of piperidine rings is 1. The van der Waals surface area contributed by atoms with Crippen molar-refractivity contribution in [1.82, 2.24) is 14.5 Å². The molecule has 1 saturated heterocycles. The van der Waals surface area contributed by atoms with E-state index in [4.69, 9.17) is 4.74 Å². The Morgan fingerprint density at radius 3 is 3.11 bits per heavy atom. The second kappa shape index (κ2) is 6.00. The third kappa shape index (κ3) is 3.10. The van der Waals surface area contributed by atoms with Gasteiger partial charge in [-0.15, -0.1) is 0 Å². The van der Waals surface area contributed by atoms with Gasteiger partial charge in [0.05, 0.1) is 24.5 Å². The molecule has 0 radical (unpaired) electrons. The second-order valence-corrected chi connectivity index (χ2v) is 4.82. The maximum Gasteiger partial charge on any atom is 0.310 e. The predicted octanol–water partition coefficient (Wildman–Crippen LogP) is 1.20. The van der Waals surface area contributed by atoms with Crippen molar-refractivity contribution in [2.45, 2.75) is 26.3 Å². The first-order chi connectivity index (χ1) is 8.70. The summed E-state index contributed by atoms with van der Waals surface area (Å²) in [6, 6.07) is 0. The smallest absolute Gasteiger partial charge is 0.310 e. The fourth-order valence-electron chi connectivity index (χ4n) is 2.42. The standard InChI is InChI=1S/C13H21N3O2/c1-3-18-13(17)11-5-4-6-16(8-11)9-12-7-14-10-15(12)2/h7,10-11H,3-6,8-9H2,1-2H3. The highest BCUT2D eigenvalue weighted by molar-refractivity contribution is 5.72. The molecule has 5 nitrogen and oxygen atoms in total. The van der Waals surface area contributed by atoms with Crippen molar-refractivity contribution < 1.29 is 9.53 Å². The molecule has 1 atom stereocenters. The summed E-state index contributed by atoms with van der Waals surface area (Å²) in [4.78, 5) is 18.2. The van der Waals surface area contributed by atoms with Crippen LogP contribution in [0.2, 0.25) is 0 Å². The van der Waals surface area contributed by atoms with Gasteiger partial charge in [-0.25, -0.2) is 4.98 Å². The van der Waals surface area contributed by atoms with Gasteiger partial charge in [0.15, 0.2) is 0 Å². The Morgan fingerprint density at radius 1 is 1.61 bits per heavy atom. The first-order valence-corrected chi connectivity index (χ1v) is 6.55. The van der Waals surface area contributed by atoms with E-state index >= 15 is 0 Å². The number of rotatable bonds is 4. The van der Waals surface area contributed by atoms with Crippen LogP contribution in [0.5, 0.6) is 0 Å². The summed E-state index contributed by atoms with van der Waals surface area (Å²) in [5, 5.41) is 0. The first-order valence-electron chi connectivity index (χ1n) is 6.55. The van der Waals surface area contributed by atoms with Crippen LogP contribution in [0, 0.1) is 5.92 Å². The highest BCUT2D eigenvalue weighted by atomic mass is 16.5. The maximum atomic E-state index is 11.7. The molecule has 1 aromatic rings. The van der Waals surface area contributed by atoms with Gasteiger partial charge in [0.1, 0.15) is 0 Å². The fraction of sp³-hybridized carbons (Fsp3) is 0.692. The van der Waals surface area contributed by atoms with Crippen LogP contribution in [-0.4, -0.2) is 40.1 Å². The lowest BCUT2D eigenvalue weighted by Crippen LogP contribution is -2.39. The number of ether oxygens (including phenoxy) is 1. The molecule has 1 aliphatic heterocycles. The predicted molar refractivity (Wildman–Crippen MR) is 67.8 cm³/mol. The lowest BCUT2D eigenvalue weighted by Gasteiger charge is -2.31. The van der Waals surface area contributed by atoms with E-state index in [-0.39, 0.29) is 11.9 Å². The van der Waals surface area contributed by atoms with Crippen molar-refractivity contribution in [2.75, 3.05) is 19.7 Å². The van der Waals surface area contributed by atoms with Gasteiger partial charge in [0, 0.05) is 26.3 Å². The van der Waals surface area contributed by atoms with E-state index in [2.05, 4.69) is 9.88 Å². The zero-order valence-electron chi connectivity index (χ0n) is 11.1. The summed E-state index contributed by atoms with van der Waals surface area (Å²) in [7, 11) is 2.00. The van der Waals surface area contributed by atoms with Crippen molar-refractivity contribution in [3.8, 4) is 0 Å². The molecule has 1 aromatic heterocycles. The van der Waals surface area contributed by atoms with Gasteiger partial charge in [-0.2, -0.15) is 0 Å². The third-order valence-corrected chi connectivity index (χ3v) is 3.43. The minimum absolute atomic E-state index is 0.0342. The van der Waals surface area contributed by atoms with Gasteiger partial charge in [-0.3, -0.25) is 9.69 Å². The third-order valence-electron chi connectivity index (χ3n) is 3.43. The number of aromatic nitrogens is 2. The van der Waals surface area contributed by atoms with Crippen molar-refractivity contribution in [3.05, 3.63) is 18.2 Å². The number of hydrogen-bond acceptors (Lipinski definition) is 4. The fourth-order valence-corrected chi connectivity index (χ4v) is 2.42. The minimum atomic E-state index is -0.0489. The number of aryl methyl sites for hydroxylation is 1.